The SMILES string of the molecule is COc1cc(OC)c2cc(CCCNC(=O)[C@H]3C[C@@H]3C(=O)O)[nH]c2c1. The highest BCUT2D eigenvalue weighted by molar-refractivity contribution is 5.89. The average molecular weight is 346 g/mol. The normalized spacial score (nSPS) is 18.8. The number of carboxylic acids is 1. The minimum absolute atomic E-state index is 0.157. The molecule has 0 bridgehead atoms. The quantitative estimate of drug-likeness (QED) is 0.634. The molecular weight excluding hydrogens is 324 g/mol. The van der Waals surface area contributed by atoms with Gasteiger partial charge in [0.1, 0.15) is 11.5 Å². The van der Waals surface area contributed by atoms with Crippen LogP contribution in [-0.2, 0) is 16.0 Å². The van der Waals surface area contributed by atoms with Crippen LogP contribution < -0.4 is 14.8 Å². The summed E-state index contributed by atoms with van der Waals surface area (Å²) in [5.41, 5.74) is 1.99. The molecule has 0 radical (unpaired) electrons. The Hall–Kier alpha value is -2.70. The van der Waals surface area contributed by atoms with E-state index in [4.69, 9.17) is 14.6 Å². The monoisotopic (exact) mass is 346 g/mol. The number of aliphatic carboxylic acids is 1. The van der Waals surface area contributed by atoms with Gasteiger partial charge in [0.25, 0.3) is 0 Å². The molecule has 3 N–H and O–H groups in total. The molecule has 2 aromatic rings. The maximum absolute atomic E-state index is 11.8. The molecule has 0 saturated heterocycles. The lowest BCUT2D eigenvalue weighted by Gasteiger charge is -2.04. The summed E-state index contributed by atoms with van der Waals surface area (Å²) in [5.74, 6) is -0.433. The maximum Gasteiger partial charge on any atom is 0.307 e. The van der Waals surface area contributed by atoms with Crippen LogP contribution in [0, 0.1) is 11.8 Å². The van der Waals surface area contributed by atoms with Gasteiger partial charge in [-0.1, -0.05) is 0 Å². The number of hydrogen-bond donors (Lipinski definition) is 3. The predicted molar refractivity (Wildman–Crippen MR) is 92.0 cm³/mol. The number of aromatic nitrogens is 1. The van der Waals surface area contributed by atoms with Gasteiger partial charge in [-0.3, -0.25) is 9.59 Å². The molecule has 1 amide bonds. The molecule has 3 rings (SSSR count). The van der Waals surface area contributed by atoms with Gasteiger partial charge in [0.15, 0.2) is 0 Å². The molecule has 1 saturated carbocycles. The van der Waals surface area contributed by atoms with Crippen LogP contribution >= 0.6 is 0 Å². The van der Waals surface area contributed by atoms with Crippen LogP contribution in [-0.4, -0.2) is 42.7 Å². The number of nitrogens with one attached hydrogen (secondary N) is 2. The first kappa shape index (κ1) is 17.1. The summed E-state index contributed by atoms with van der Waals surface area (Å²) in [6.45, 7) is 0.525. The minimum Gasteiger partial charge on any atom is -0.497 e. The third kappa shape index (κ3) is 3.70. The number of methoxy groups -OCH3 is 2. The molecule has 1 aromatic carbocycles. The fourth-order valence-corrected chi connectivity index (χ4v) is 3.04. The van der Waals surface area contributed by atoms with Crippen LogP contribution in [0.2, 0.25) is 0 Å². The summed E-state index contributed by atoms with van der Waals surface area (Å²) < 4.78 is 10.7. The average Bonchev–Trinajstić information content (AvgIpc) is 3.31. The fourth-order valence-electron chi connectivity index (χ4n) is 3.04. The number of aryl methyl sites for hydroxylation is 1. The molecule has 7 heteroatoms. The smallest absolute Gasteiger partial charge is 0.307 e. The minimum atomic E-state index is -0.886. The van der Waals surface area contributed by atoms with Crippen molar-refractivity contribution in [2.45, 2.75) is 19.3 Å². The van der Waals surface area contributed by atoms with E-state index in [1.165, 1.54) is 0 Å². The molecule has 7 nitrogen and oxygen atoms in total. The number of fused-ring (bicyclic) bond motifs is 1. The standard InChI is InChI=1S/C18H22N2O5/c1-24-11-7-15-14(16(8-11)25-2)6-10(20-15)4-3-5-19-17(21)12-9-13(12)18(22)23/h6-8,12-13,20H,3-5,9H2,1-2H3,(H,19,21)(H,22,23)/t12-,13-/m0/s1. The van der Waals surface area contributed by atoms with Crippen molar-refractivity contribution in [2.24, 2.45) is 11.8 Å². The number of carbonyl (C=O) groups excluding carboxylic acids is 1. The fraction of sp³-hybridized carbons (Fsp3) is 0.444. The van der Waals surface area contributed by atoms with Crippen LogP contribution in [0.5, 0.6) is 11.5 Å². The zero-order chi connectivity index (χ0) is 18.0. The van der Waals surface area contributed by atoms with E-state index in [1.54, 1.807) is 14.2 Å². The molecule has 2 atom stereocenters. The van der Waals surface area contributed by atoms with Gasteiger partial charge in [-0.15, -0.1) is 0 Å². The van der Waals surface area contributed by atoms with Crippen LogP contribution in [0.25, 0.3) is 10.9 Å². The Balaban J connectivity index is 1.53. The Bertz CT molecular complexity index is 798. The van der Waals surface area contributed by atoms with Crippen molar-refractivity contribution >= 4 is 22.8 Å². The Labute approximate surface area is 145 Å². The Morgan fingerprint density at radius 3 is 2.68 bits per heavy atom. The highest BCUT2D eigenvalue weighted by atomic mass is 16.5. The number of H-pyrrole nitrogens is 1. The van der Waals surface area contributed by atoms with Crippen molar-refractivity contribution in [3.8, 4) is 11.5 Å². The number of rotatable bonds is 8. The molecular formula is C18H22N2O5. The van der Waals surface area contributed by atoms with Crippen LogP contribution in [0.15, 0.2) is 18.2 Å². The lowest BCUT2D eigenvalue weighted by molar-refractivity contribution is -0.140. The number of benzene rings is 1. The van der Waals surface area contributed by atoms with Crippen molar-refractivity contribution in [2.75, 3.05) is 20.8 Å². The summed E-state index contributed by atoms with van der Waals surface area (Å²) in [6, 6.07) is 5.80. The van der Waals surface area contributed by atoms with Gasteiger partial charge in [-0.2, -0.15) is 0 Å². The van der Waals surface area contributed by atoms with Crippen molar-refractivity contribution in [1.29, 1.82) is 0 Å². The summed E-state index contributed by atoms with van der Waals surface area (Å²) >= 11 is 0. The number of ether oxygens (including phenoxy) is 2. The first-order chi connectivity index (χ1) is 12.0. The van der Waals surface area contributed by atoms with Gasteiger partial charge in [0.2, 0.25) is 5.91 Å². The lowest BCUT2D eigenvalue weighted by Crippen LogP contribution is -2.27. The molecule has 1 fully saturated rings. The van der Waals surface area contributed by atoms with E-state index in [0.29, 0.717) is 13.0 Å². The molecule has 1 aromatic heterocycles. The third-order valence-electron chi connectivity index (χ3n) is 4.55. The predicted octanol–water partition coefficient (Wildman–Crippen LogP) is 1.95. The molecule has 0 unspecified atom stereocenters. The second-order valence-corrected chi connectivity index (χ2v) is 6.27. The van der Waals surface area contributed by atoms with Gasteiger partial charge in [0.05, 0.1) is 31.6 Å². The zero-order valence-electron chi connectivity index (χ0n) is 14.3. The Kier molecular flexibility index (Phi) is 4.83. The molecule has 0 aliphatic heterocycles. The second-order valence-electron chi connectivity index (χ2n) is 6.27. The number of aromatic amines is 1. The van der Waals surface area contributed by atoms with Crippen LogP contribution in [0.4, 0.5) is 0 Å². The molecule has 1 aliphatic rings. The first-order valence-corrected chi connectivity index (χ1v) is 8.27. The van der Waals surface area contributed by atoms with Crippen molar-refractivity contribution in [1.82, 2.24) is 10.3 Å². The Morgan fingerprint density at radius 1 is 1.24 bits per heavy atom. The van der Waals surface area contributed by atoms with Gasteiger partial charge in [0, 0.05) is 29.8 Å². The van der Waals surface area contributed by atoms with Crippen molar-refractivity contribution in [3.05, 3.63) is 23.9 Å². The number of amides is 1. The highest BCUT2D eigenvalue weighted by Gasteiger charge is 2.48. The van der Waals surface area contributed by atoms with Crippen molar-refractivity contribution < 1.29 is 24.2 Å². The van der Waals surface area contributed by atoms with Gasteiger partial charge < -0.3 is 24.9 Å². The summed E-state index contributed by atoms with van der Waals surface area (Å²) in [6.07, 6.45) is 1.99. The summed E-state index contributed by atoms with van der Waals surface area (Å²) in [7, 11) is 3.24. The number of carboxylic acid groups (broad SMARTS) is 1. The van der Waals surface area contributed by atoms with E-state index < -0.39 is 11.9 Å². The van der Waals surface area contributed by atoms with E-state index in [9.17, 15) is 9.59 Å². The van der Waals surface area contributed by atoms with E-state index in [1.807, 2.05) is 18.2 Å². The van der Waals surface area contributed by atoms with Crippen LogP contribution in [0.3, 0.4) is 0 Å². The first-order valence-electron chi connectivity index (χ1n) is 8.27. The Morgan fingerprint density at radius 2 is 2.04 bits per heavy atom. The van der Waals surface area contributed by atoms with E-state index >= 15 is 0 Å². The van der Waals surface area contributed by atoms with Crippen LogP contribution in [0.1, 0.15) is 18.5 Å². The summed E-state index contributed by atoms with van der Waals surface area (Å²) in [5, 5.41) is 12.6. The molecule has 134 valence electrons. The van der Waals surface area contributed by atoms with Gasteiger partial charge in [-0.05, 0) is 25.3 Å². The third-order valence-corrected chi connectivity index (χ3v) is 4.55. The van der Waals surface area contributed by atoms with Gasteiger partial charge in [-0.25, -0.2) is 0 Å². The zero-order valence-corrected chi connectivity index (χ0v) is 14.3. The molecule has 1 heterocycles. The van der Waals surface area contributed by atoms with E-state index in [0.717, 1.165) is 40.9 Å². The lowest BCUT2D eigenvalue weighted by atomic mass is 10.2. The number of hydrogen-bond acceptors (Lipinski definition) is 4. The van der Waals surface area contributed by atoms with E-state index in [2.05, 4.69) is 10.3 Å². The summed E-state index contributed by atoms with van der Waals surface area (Å²) in [4.78, 5) is 25.9. The number of carbonyl (C=O) groups is 2. The largest absolute Gasteiger partial charge is 0.497 e. The molecule has 0 spiro atoms. The maximum atomic E-state index is 11.8. The molecule has 25 heavy (non-hydrogen) atoms. The van der Waals surface area contributed by atoms with Crippen molar-refractivity contribution in [3.63, 3.8) is 0 Å². The second kappa shape index (κ2) is 7.04. The molecule has 1 aliphatic carbocycles. The van der Waals surface area contributed by atoms with E-state index in [-0.39, 0.29) is 11.8 Å². The highest BCUT2D eigenvalue weighted by Crippen LogP contribution is 2.38. The van der Waals surface area contributed by atoms with Gasteiger partial charge >= 0.3 is 5.97 Å². The topological polar surface area (TPSA) is 101 Å².